The lowest BCUT2D eigenvalue weighted by Crippen LogP contribution is -2.35. The van der Waals surface area contributed by atoms with Crippen molar-refractivity contribution in [2.24, 2.45) is 0 Å². The van der Waals surface area contributed by atoms with Crippen molar-refractivity contribution in [1.29, 1.82) is 0 Å². The Hall–Kier alpha value is -1.15. The molecule has 110 valence electrons. The zero-order valence-electron chi connectivity index (χ0n) is 13.2. The van der Waals surface area contributed by atoms with Crippen molar-refractivity contribution in [3.63, 3.8) is 0 Å². The molecule has 1 heterocycles. The Labute approximate surface area is 122 Å². The molecule has 1 unspecified atom stereocenters. The largest absolute Gasteiger partial charge is 0.367 e. The van der Waals surface area contributed by atoms with Crippen LogP contribution >= 0.6 is 0 Å². The maximum absolute atomic E-state index is 13.0. The van der Waals surface area contributed by atoms with Crippen LogP contribution in [0.5, 0.6) is 0 Å². The second-order valence-corrected chi connectivity index (χ2v) is 5.86. The number of carbonyl (C=O) groups excluding carboxylic acids is 1. The van der Waals surface area contributed by atoms with E-state index in [4.69, 9.17) is 4.74 Å². The number of hydrogen-bond donors (Lipinski definition) is 0. The molecule has 1 fully saturated rings. The van der Waals surface area contributed by atoms with Crippen molar-refractivity contribution < 1.29 is 9.53 Å². The summed E-state index contributed by atoms with van der Waals surface area (Å²) in [4.78, 5) is 13.0. The van der Waals surface area contributed by atoms with Gasteiger partial charge in [-0.05, 0) is 55.7 Å². The van der Waals surface area contributed by atoms with Crippen LogP contribution in [0.3, 0.4) is 0 Å². The highest BCUT2D eigenvalue weighted by atomic mass is 16.5. The minimum Gasteiger partial charge on any atom is -0.367 e. The first kappa shape index (κ1) is 15.2. The van der Waals surface area contributed by atoms with Gasteiger partial charge in [-0.15, -0.1) is 0 Å². The van der Waals surface area contributed by atoms with Crippen LogP contribution in [0.4, 0.5) is 0 Å². The molecule has 1 aromatic rings. The second kappa shape index (κ2) is 6.09. The van der Waals surface area contributed by atoms with Gasteiger partial charge in [-0.3, -0.25) is 4.79 Å². The summed E-state index contributed by atoms with van der Waals surface area (Å²) in [5.74, 6) is 0.186. The second-order valence-electron chi connectivity index (χ2n) is 5.86. The van der Waals surface area contributed by atoms with E-state index in [9.17, 15) is 4.79 Å². The number of benzene rings is 1. The topological polar surface area (TPSA) is 26.3 Å². The molecule has 0 N–H and O–H groups in total. The standard InChI is InChI=1S/C18H26O2/c1-5-13-11-14(6-2)16(15(7-3)12-13)17(19)18(4)9-8-10-20-18/h11-12H,5-10H2,1-4H3. The van der Waals surface area contributed by atoms with E-state index in [-0.39, 0.29) is 5.78 Å². The zero-order chi connectivity index (χ0) is 14.8. The number of carbonyl (C=O) groups is 1. The molecular weight excluding hydrogens is 248 g/mol. The third kappa shape index (κ3) is 2.67. The molecule has 2 heteroatoms. The molecule has 0 radical (unpaired) electrons. The minimum atomic E-state index is -0.610. The number of Topliss-reactive ketones (excluding diaryl/α,β-unsaturated/α-hetero) is 1. The predicted octanol–water partition coefficient (Wildman–Crippen LogP) is 4.13. The molecule has 0 saturated carbocycles. The van der Waals surface area contributed by atoms with Gasteiger partial charge < -0.3 is 4.74 Å². The molecule has 1 aliphatic heterocycles. The Bertz CT molecular complexity index is 471. The Balaban J connectivity index is 2.51. The van der Waals surface area contributed by atoms with E-state index >= 15 is 0 Å². The minimum absolute atomic E-state index is 0.186. The normalized spacial score (nSPS) is 22.2. The monoisotopic (exact) mass is 274 g/mol. The molecule has 0 spiro atoms. The Morgan fingerprint density at radius 2 is 1.75 bits per heavy atom. The molecule has 2 rings (SSSR count). The number of rotatable bonds is 5. The molecule has 0 aromatic heterocycles. The van der Waals surface area contributed by atoms with Crippen LogP contribution in [0.15, 0.2) is 12.1 Å². The van der Waals surface area contributed by atoms with Gasteiger partial charge in [-0.1, -0.05) is 32.9 Å². The van der Waals surface area contributed by atoms with Crippen LogP contribution in [-0.4, -0.2) is 18.0 Å². The number of ether oxygens (including phenoxy) is 1. The number of ketones is 1. The predicted molar refractivity (Wildman–Crippen MR) is 82.5 cm³/mol. The van der Waals surface area contributed by atoms with Gasteiger partial charge in [0, 0.05) is 12.2 Å². The molecule has 0 bridgehead atoms. The number of aryl methyl sites for hydroxylation is 3. The van der Waals surface area contributed by atoms with E-state index in [1.807, 2.05) is 6.92 Å². The zero-order valence-corrected chi connectivity index (χ0v) is 13.2. The van der Waals surface area contributed by atoms with Crippen LogP contribution < -0.4 is 0 Å². The van der Waals surface area contributed by atoms with Crippen molar-refractivity contribution in [1.82, 2.24) is 0 Å². The summed E-state index contributed by atoms with van der Waals surface area (Å²) < 4.78 is 5.76. The summed E-state index contributed by atoms with van der Waals surface area (Å²) in [5, 5.41) is 0. The molecular formula is C18H26O2. The molecule has 0 aliphatic carbocycles. The first-order valence-corrected chi connectivity index (χ1v) is 7.89. The summed E-state index contributed by atoms with van der Waals surface area (Å²) in [6.07, 6.45) is 4.64. The molecule has 1 aromatic carbocycles. The lowest BCUT2D eigenvalue weighted by atomic mass is 9.84. The third-order valence-electron chi connectivity index (χ3n) is 4.46. The van der Waals surface area contributed by atoms with Gasteiger partial charge in [-0.2, -0.15) is 0 Å². The molecule has 0 amide bonds. The Morgan fingerprint density at radius 3 is 2.15 bits per heavy atom. The highest BCUT2D eigenvalue weighted by Gasteiger charge is 2.39. The summed E-state index contributed by atoms with van der Waals surface area (Å²) in [7, 11) is 0. The van der Waals surface area contributed by atoms with Crippen molar-refractivity contribution in [2.45, 2.75) is 65.4 Å². The molecule has 1 aliphatic rings. The summed E-state index contributed by atoms with van der Waals surface area (Å²) >= 11 is 0. The molecule has 1 saturated heterocycles. The average molecular weight is 274 g/mol. The van der Waals surface area contributed by atoms with Crippen LogP contribution in [0.2, 0.25) is 0 Å². The van der Waals surface area contributed by atoms with Crippen molar-refractivity contribution in [2.75, 3.05) is 6.61 Å². The lowest BCUT2D eigenvalue weighted by Gasteiger charge is -2.25. The van der Waals surface area contributed by atoms with Gasteiger partial charge in [-0.25, -0.2) is 0 Å². The van der Waals surface area contributed by atoms with Crippen molar-refractivity contribution in [3.05, 3.63) is 34.4 Å². The van der Waals surface area contributed by atoms with Gasteiger partial charge in [0.2, 0.25) is 0 Å². The van der Waals surface area contributed by atoms with Gasteiger partial charge in [0.1, 0.15) is 5.60 Å². The SMILES string of the molecule is CCc1cc(CC)c(C(=O)C2(C)CCCO2)c(CC)c1. The molecule has 1 atom stereocenters. The first-order valence-electron chi connectivity index (χ1n) is 7.89. The van der Waals surface area contributed by atoms with Crippen LogP contribution in [-0.2, 0) is 24.0 Å². The fraction of sp³-hybridized carbons (Fsp3) is 0.611. The fourth-order valence-corrected chi connectivity index (χ4v) is 3.12. The lowest BCUT2D eigenvalue weighted by molar-refractivity contribution is 0.0212. The maximum Gasteiger partial charge on any atom is 0.194 e. The third-order valence-corrected chi connectivity index (χ3v) is 4.46. The van der Waals surface area contributed by atoms with Crippen molar-refractivity contribution in [3.8, 4) is 0 Å². The smallest absolute Gasteiger partial charge is 0.194 e. The number of hydrogen-bond acceptors (Lipinski definition) is 2. The van der Waals surface area contributed by atoms with Gasteiger partial charge in [0.15, 0.2) is 5.78 Å². The average Bonchev–Trinajstić information content (AvgIpc) is 2.92. The van der Waals surface area contributed by atoms with E-state index in [0.29, 0.717) is 6.61 Å². The summed E-state index contributed by atoms with van der Waals surface area (Å²) in [6.45, 7) is 9.08. The van der Waals surface area contributed by atoms with Gasteiger partial charge >= 0.3 is 0 Å². The van der Waals surface area contributed by atoms with E-state index in [1.165, 1.54) is 16.7 Å². The van der Waals surface area contributed by atoms with Gasteiger partial charge in [0.05, 0.1) is 0 Å². The van der Waals surface area contributed by atoms with Gasteiger partial charge in [0.25, 0.3) is 0 Å². The highest BCUT2D eigenvalue weighted by molar-refractivity contribution is 6.04. The maximum atomic E-state index is 13.0. The van der Waals surface area contributed by atoms with Crippen molar-refractivity contribution >= 4 is 5.78 Å². The highest BCUT2D eigenvalue weighted by Crippen LogP contribution is 2.32. The van der Waals surface area contributed by atoms with E-state index in [1.54, 1.807) is 0 Å². The van der Waals surface area contributed by atoms with Crippen LogP contribution in [0.1, 0.15) is 67.6 Å². The fourth-order valence-electron chi connectivity index (χ4n) is 3.12. The Morgan fingerprint density at radius 1 is 1.15 bits per heavy atom. The van der Waals surface area contributed by atoms with E-state index < -0.39 is 5.60 Å². The van der Waals surface area contributed by atoms with Crippen LogP contribution in [0, 0.1) is 0 Å². The van der Waals surface area contributed by atoms with E-state index in [2.05, 4.69) is 32.9 Å². The quantitative estimate of drug-likeness (QED) is 0.755. The first-order chi connectivity index (χ1) is 9.55. The van der Waals surface area contributed by atoms with E-state index in [0.717, 1.165) is 37.7 Å². The summed E-state index contributed by atoms with van der Waals surface area (Å²) in [6, 6.07) is 4.40. The molecule has 2 nitrogen and oxygen atoms in total. The summed E-state index contributed by atoms with van der Waals surface area (Å²) in [5.41, 5.74) is 4.01. The van der Waals surface area contributed by atoms with Crippen LogP contribution in [0.25, 0.3) is 0 Å². The molecule has 20 heavy (non-hydrogen) atoms. The Kier molecular flexibility index (Phi) is 4.64.